The van der Waals surface area contributed by atoms with Gasteiger partial charge < -0.3 is 20.5 Å². The molecule has 232 valence electrons. The molecule has 2 aromatic carbocycles. The highest BCUT2D eigenvalue weighted by Crippen LogP contribution is 2.39. The van der Waals surface area contributed by atoms with Crippen molar-refractivity contribution in [2.75, 3.05) is 45.2 Å². The van der Waals surface area contributed by atoms with Gasteiger partial charge in [0.25, 0.3) is 0 Å². The standard InChI is InChI=1S/C31H38F4N6O2/c1-4-29(36-3)30(10-5-6-13-38-40-22(2)37-20-24(32)21-41-14-16-43-17-15-41)39-25-11-12-27(28(19-25)31(33,34)35)23-8-7-9-26(42)18-23/h5,7-13,18-20,36,39,42H,4,6,14-17,21H2,1-3H3,(H,37,40)/b10-5-,24-20+,30-29+,38-13+. The first kappa shape index (κ1) is 33.3. The highest BCUT2D eigenvalue weighted by Gasteiger charge is 2.34. The van der Waals surface area contributed by atoms with Crippen molar-refractivity contribution in [2.24, 2.45) is 10.1 Å². The van der Waals surface area contributed by atoms with E-state index in [0.29, 0.717) is 50.7 Å². The number of ether oxygens (including phenoxy) is 1. The number of allylic oxidation sites excluding steroid dienone is 3. The molecule has 1 heterocycles. The van der Waals surface area contributed by atoms with E-state index in [4.69, 9.17) is 4.74 Å². The minimum absolute atomic E-state index is 0.0303. The fourth-order valence-electron chi connectivity index (χ4n) is 4.30. The molecule has 4 N–H and O–H groups in total. The van der Waals surface area contributed by atoms with Crippen molar-refractivity contribution in [3.8, 4) is 16.9 Å². The summed E-state index contributed by atoms with van der Waals surface area (Å²) in [5.74, 6) is -0.0525. The molecule has 3 rings (SSSR count). The summed E-state index contributed by atoms with van der Waals surface area (Å²) in [6.07, 6.45) is 2.75. The molecule has 12 heteroatoms. The highest BCUT2D eigenvalue weighted by molar-refractivity contribution is 5.80. The summed E-state index contributed by atoms with van der Waals surface area (Å²) in [5.41, 5.74) is 3.81. The normalized spacial score (nSPS) is 16.1. The maximum absolute atomic E-state index is 14.1. The van der Waals surface area contributed by atoms with Crippen LogP contribution >= 0.6 is 0 Å². The van der Waals surface area contributed by atoms with E-state index in [-0.39, 0.29) is 34.9 Å². The fraction of sp³-hybridized carbons (Fsp3) is 0.355. The lowest BCUT2D eigenvalue weighted by atomic mass is 9.98. The Labute approximate surface area is 249 Å². The number of hydrogen-bond donors (Lipinski definition) is 4. The van der Waals surface area contributed by atoms with E-state index in [0.717, 1.165) is 11.8 Å². The number of hydrazone groups is 1. The third-order valence-electron chi connectivity index (χ3n) is 6.46. The number of phenols is 1. The Balaban J connectivity index is 1.65. The average molecular weight is 603 g/mol. The van der Waals surface area contributed by atoms with Crippen molar-refractivity contribution in [1.29, 1.82) is 0 Å². The molecule has 0 saturated carbocycles. The number of alkyl halides is 3. The van der Waals surface area contributed by atoms with Crippen LogP contribution in [0.25, 0.3) is 11.1 Å². The highest BCUT2D eigenvalue weighted by atomic mass is 19.4. The monoisotopic (exact) mass is 602 g/mol. The van der Waals surface area contributed by atoms with Gasteiger partial charge in [-0.2, -0.15) is 18.3 Å². The third-order valence-corrected chi connectivity index (χ3v) is 6.46. The van der Waals surface area contributed by atoms with Crippen molar-refractivity contribution in [3.05, 3.63) is 83.6 Å². The van der Waals surface area contributed by atoms with Gasteiger partial charge in [0.2, 0.25) is 0 Å². The first-order valence-corrected chi connectivity index (χ1v) is 13.9. The molecule has 1 aliphatic heterocycles. The van der Waals surface area contributed by atoms with Gasteiger partial charge >= 0.3 is 6.18 Å². The summed E-state index contributed by atoms with van der Waals surface area (Å²) in [6.45, 7) is 6.33. The van der Waals surface area contributed by atoms with Crippen LogP contribution in [0.4, 0.5) is 23.2 Å². The Bertz CT molecular complexity index is 1360. The number of aliphatic imine (C=N–C) groups is 1. The lowest BCUT2D eigenvalue weighted by Gasteiger charge is -2.25. The van der Waals surface area contributed by atoms with Crippen LogP contribution in [0.1, 0.15) is 32.3 Å². The Hall–Kier alpha value is -4.16. The number of nitrogens with zero attached hydrogens (tertiary/aromatic N) is 3. The number of amidine groups is 1. The number of nitrogens with one attached hydrogen (secondary N) is 3. The third kappa shape index (κ3) is 10.9. The van der Waals surface area contributed by atoms with Crippen LogP contribution in [-0.4, -0.2) is 62.0 Å². The van der Waals surface area contributed by atoms with E-state index >= 15 is 0 Å². The molecule has 43 heavy (non-hydrogen) atoms. The maximum atomic E-state index is 14.1. The molecule has 1 aliphatic rings. The minimum Gasteiger partial charge on any atom is -0.508 e. The molecule has 2 aromatic rings. The Morgan fingerprint density at radius 2 is 1.91 bits per heavy atom. The van der Waals surface area contributed by atoms with E-state index in [1.54, 1.807) is 38.4 Å². The van der Waals surface area contributed by atoms with Gasteiger partial charge in [0.1, 0.15) is 17.4 Å². The predicted octanol–water partition coefficient (Wildman–Crippen LogP) is 6.41. The molecule has 0 aromatic heterocycles. The van der Waals surface area contributed by atoms with Gasteiger partial charge in [-0.25, -0.2) is 9.38 Å². The topological polar surface area (TPSA) is 93.5 Å². The number of anilines is 1. The smallest absolute Gasteiger partial charge is 0.417 e. The van der Waals surface area contributed by atoms with E-state index in [9.17, 15) is 22.7 Å². The van der Waals surface area contributed by atoms with Crippen molar-refractivity contribution < 1.29 is 27.4 Å². The van der Waals surface area contributed by atoms with E-state index in [1.807, 2.05) is 11.8 Å². The molecular weight excluding hydrogens is 564 g/mol. The Kier molecular flexibility index (Phi) is 12.8. The molecule has 1 saturated heterocycles. The number of halogens is 4. The van der Waals surface area contributed by atoms with E-state index in [2.05, 4.69) is 26.2 Å². The van der Waals surface area contributed by atoms with Gasteiger partial charge in [-0.3, -0.25) is 10.3 Å². The zero-order chi connectivity index (χ0) is 31.2. The number of hydrogen-bond acceptors (Lipinski definition) is 7. The predicted molar refractivity (Wildman–Crippen MR) is 163 cm³/mol. The number of benzene rings is 2. The molecular formula is C31H38F4N6O2. The zero-order valence-corrected chi connectivity index (χ0v) is 24.5. The molecule has 8 nitrogen and oxygen atoms in total. The molecule has 0 aliphatic carbocycles. The second-order valence-electron chi connectivity index (χ2n) is 9.67. The van der Waals surface area contributed by atoms with Gasteiger partial charge in [-0.1, -0.05) is 31.2 Å². The first-order valence-electron chi connectivity index (χ1n) is 13.9. The molecule has 0 radical (unpaired) electrons. The zero-order valence-electron chi connectivity index (χ0n) is 24.5. The maximum Gasteiger partial charge on any atom is 0.417 e. The lowest BCUT2D eigenvalue weighted by Crippen LogP contribution is -2.37. The van der Waals surface area contributed by atoms with Crippen LogP contribution in [-0.2, 0) is 10.9 Å². The van der Waals surface area contributed by atoms with Crippen LogP contribution < -0.4 is 16.1 Å². The molecule has 0 bridgehead atoms. The van der Waals surface area contributed by atoms with Crippen molar-refractivity contribution >= 4 is 17.7 Å². The van der Waals surface area contributed by atoms with Crippen LogP contribution in [0.3, 0.4) is 0 Å². The second-order valence-corrected chi connectivity index (χ2v) is 9.67. The number of morpholine rings is 1. The van der Waals surface area contributed by atoms with Crippen LogP contribution in [0.2, 0.25) is 0 Å². The summed E-state index contributed by atoms with van der Waals surface area (Å²) in [5, 5.41) is 20.0. The van der Waals surface area contributed by atoms with Crippen molar-refractivity contribution in [3.63, 3.8) is 0 Å². The van der Waals surface area contributed by atoms with Gasteiger partial charge in [-0.05, 0) is 54.8 Å². The largest absolute Gasteiger partial charge is 0.508 e. The summed E-state index contributed by atoms with van der Waals surface area (Å²) in [4.78, 5) is 6.00. The molecule has 0 spiro atoms. The van der Waals surface area contributed by atoms with Crippen molar-refractivity contribution in [1.82, 2.24) is 15.6 Å². The van der Waals surface area contributed by atoms with Crippen LogP contribution in [0.15, 0.2) is 88.1 Å². The van der Waals surface area contributed by atoms with Crippen LogP contribution in [0, 0.1) is 0 Å². The Morgan fingerprint density at radius 3 is 2.58 bits per heavy atom. The summed E-state index contributed by atoms with van der Waals surface area (Å²) >= 11 is 0. The molecule has 1 fully saturated rings. The number of aromatic hydroxyl groups is 1. The van der Waals surface area contributed by atoms with Gasteiger partial charge in [0.15, 0.2) is 0 Å². The average Bonchev–Trinajstić information content (AvgIpc) is 2.98. The van der Waals surface area contributed by atoms with E-state index < -0.39 is 11.7 Å². The number of phenolic OH excluding ortho intramolecular Hbond substituents is 1. The summed E-state index contributed by atoms with van der Waals surface area (Å²) in [7, 11) is 1.74. The lowest BCUT2D eigenvalue weighted by molar-refractivity contribution is -0.137. The van der Waals surface area contributed by atoms with Gasteiger partial charge in [0.05, 0.1) is 37.2 Å². The van der Waals surface area contributed by atoms with Gasteiger partial charge in [-0.15, -0.1) is 0 Å². The quantitative estimate of drug-likeness (QED) is 0.0738. The van der Waals surface area contributed by atoms with Gasteiger partial charge in [0, 0.05) is 44.2 Å². The minimum atomic E-state index is -4.61. The van der Waals surface area contributed by atoms with E-state index in [1.165, 1.54) is 36.5 Å². The summed E-state index contributed by atoms with van der Waals surface area (Å²) < 4.78 is 61.4. The second kappa shape index (κ2) is 16.5. The SMILES string of the molecule is CC/C(NC)=C(/C=C\C/C=N/NC(C)=N/C=C(/F)CN1CCOCC1)Nc1ccc(-c2cccc(O)c2)c(C(F)(F)F)c1. The number of rotatable bonds is 12. The Morgan fingerprint density at radius 1 is 1.14 bits per heavy atom. The fourth-order valence-corrected chi connectivity index (χ4v) is 4.30. The summed E-state index contributed by atoms with van der Waals surface area (Å²) in [6, 6.07) is 9.74. The molecule has 0 unspecified atom stereocenters. The molecule has 0 atom stereocenters. The van der Waals surface area contributed by atoms with Crippen LogP contribution in [0.5, 0.6) is 5.75 Å². The first-order chi connectivity index (χ1) is 20.6. The molecule has 0 amide bonds. The van der Waals surface area contributed by atoms with Crippen molar-refractivity contribution in [2.45, 2.75) is 32.9 Å².